The van der Waals surface area contributed by atoms with E-state index in [0.29, 0.717) is 43.4 Å². The number of likely N-dealkylation sites (N-methyl/N-ethyl adjacent to an activating group) is 1. The first-order chi connectivity index (χ1) is 17.3. The first-order valence-electron chi connectivity index (χ1n) is 13.2. The number of benzene rings is 1. The van der Waals surface area contributed by atoms with Gasteiger partial charge in [0.25, 0.3) is 0 Å². The number of esters is 1. The zero-order valence-corrected chi connectivity index (χ0v) is 23.6. The van der Waals surface area contributed by atoms with Crippen LogP contribution in [0.5, 0.6) is 0 Å². The summed E-state index contributed by atoms with van der Waals surface area (Å²) in [5.74, 6) is -0.0542. The van der Waals surface area contributed by atoms with E-state index in [4.69, 9.17) is 4.74 Å². The van der Waals surface area contributed by atoms with Crippen LogP contribution in [0, 0.1) is 0 Å². The van der Waals surface area contributed by atoms with Gasteiger partial charge in [-0.25, -0.2) is 14.4 Å². The second kappa shape index (κ2) is 11.5. The predicted molar refractivity (Wildman–Crippen MR) is 144 cm³/mol. The van der Waals surface area contributed by atoms with Crippen LogP contribution in [0.3, 0.4) is 0 Å². The standard InChI is InChI=1S/C28H43N5O4/c1-9-37-25(34)23-22(17-32-14-15-33(19(4)16-32)27(36)30-28(5,6)7)31(8)26(35)29-24(23)21-12-10-20(11-13-21)18(2)3/h10-13,18-19,24H,9,14-17H2,1-8H3,(H,29,35)(H,30,36)/t19-,24-/m1/s1. The van der Waals surface area contributed by atoms with E-state index < -0.39 is 12.0 Å². The molecule has 2 heterocycles. The first kappa shape index (κ1) is 28.5. The van der Waals surface area contributed by atoms with E-state index in [1.54, 1.807) is 14.0 Å². The molecule has 0 unspecified atom stereocenters. The van der Waals surface area contributed by atoms with Gasteiger partial charge >= 0.3 is 18.0 Å². The summed E-state index contributed by atoms with van der Waals surface area (Å²) in [5.41, 5.74) is 2.78. The van der Waals surface area contributed by atoms with E-state index in [1.165, 1.54) is 10.5 Å². The van der Waals surface area contributed by atoms with Gasteiger partial charge in [-0.1, -0.05) is 38.1 Å². The van der Waals surface area contributed by atoms with E-state index in [-0.39, 0.29) is 30.2 Å². The minimum Gasteiger partial charge on any atom is -0.463 e. The highest BCUT2D eigenvalue weighted by Crippen LogP contribution is 2.32. The highest BCUT2D eigenvalue weighted by molar-refractivity contribution is 5.95. The fourth-order valence-corrected chi connectivity index (χ4v) is 4.80. The molecule has 1 aromatic carbocycles. The van der Waals surface area contributed by atoms with Crippen LogP contribution in [-0.2, 0) is 9.53 Å². The van der Waals surface area contributed by atoms with Gasteiger partial charge in [0.15, 0.2) is 0 Å². The molecule has 0 spiro atoms. The molecule has 2 aliphatic rings. The maximum atomic E-state index is 13.3. The quantitative estimate of drug-likeness (QED) is 0.564. The molecule has 2 aliphatic heterocycles. The Bertz CT molecular complexity index is 1030. The minimum atomic E-state index is -0.602. The highest BCUT2D eigenvalue weighted by atomic mass is 16.5. The van der Waals surface area contributed by atoms with Gasteiger partial charge in [-0.05, 0) is 51.7 Å². The molecule has 0 saturated carbocycles. The molecule has 2 atom stereocenters. The van der Waals surface area contributed by atoms with Crippen molar-refractivity contribution in [3.63, 3.8) is 0 Å². The second-order valence-electron chi connectivity index (χ2n) is 11.3. The third kappa shape index (κ3) is 6.83. The average Bonchev–Trinajstić information content (AvgIpc) is 2.81. The molecule has 1 fully saturated rings. The van der Waals surface area contributed by atoms with E-state index in [9.17, 15) is 14.4 Å². The molecule has 1 aromatic rings. The molecule has 204 valence electrons. The molecule has 9 nitrogen and oxygen atoms in total. The summed E-state index contributed by atoms with van der Waals surface area (Å²) in [6.07, 6.45) is 0. The van der Waals surface area contributed by atoms with E-state index in [2.05, 4.69) is 29.4 Å². The van der Waals surface area contributed by atoms with Gasteiger partial charge in [0.05, 0.1) is 18.2 Å². The van der Waals surface area contributed by atoms with Crippen molar-refractivity contribution >= 4 is 18.0 Å². The van der Waals surface area contributed by atoms with Gasteiger partial charge < -0.3 is 20.3 Å². The summed E-state index contributed by atoms with van der Waals surface area (Å²) < 4.78 is 5.46. The Balaban J connectivity index is 1.90. The summed E-state index contributed by atoms with van der Waals surface area (Å²) in [6, 6.07) is 7.05. The van der Waals surface area contributed by atoms with Gasteiger partial charge in [0.2, 0.25) is 0 Å². The number of ether oxygens (including phenoxy) is 1. The molecule has 0 aromatic heterocycles. The lowest BCUT2D eigenvalue weighted by atomic mass is 9.92. The summed E-state index contributed by atoms with van der Waals surface area (Å²) in [6.45, 7) is 16.4. The molecule has 1 saturated heterocycles. The minimum absolute atomic E-state index is 0.0233. The number of carbonyl (C=O) groups excluding carboxylic acids is 3. The molecule has 3 rings (SSSR count). The Labute approximate surface area is 221 Å². The molecule has 9 heteroatoms. The molecular formula is C28H43N5O4. The smallest absolute Gasteiger partial charge is 0.338 e. The summed E-state index contributed by atoms with van der Waals surface area (Å²) in [5, 5.41) is 6.02. The maximum absolute atomic E-state index is 13.3. The third-order valence-electron chi connectivity index (χ3n) is 6.84. The largest absolute Gasteiger partial charge is 0.463 e. The maximum Gasteiger partial charge on any atom is 0.338 e. The lowest BCUT2D eigenvalue weighted by Crippen LogP contribution is -2.59. The molecular weight excluding hydrogens is 470 g/mol. The molecule has 4 amide bonds. The van der Waals surface area contributed by atoms with Crippen molar-refractivity contribution in [2.24, 2.45) is 0 Å². The number of amides is 4. The number of nitrogens with zero attached hydrogens (tertiary/aromatic N) is 3. The van der Waals surface area contributed by atoms with Crippen LogP contribution in [0.25, 0.3) is 0 Å². The molecule has 2 N–H and O–H groups in total. The molecule has 0 bridgehead atoms. The van der Waals surface area contributed by atoms with Gasteiger partial charge in [0.1, 0.15) is 0 Å². The Kier molecular flexibility index (Phi) is 8.89. The Morgan fingerprint density at radius 1 is 1.16 bits per heavy atom. The normalized spacial score (nSPS) is 21.3. The van der Waals surface area contributed by atoms with Crippen LogP contribution in [0.15, 0.2) is 35.5 Å². The second-order valence-corrected chi connectivity index (χ2v) is 11.3. The van der Waals surface area contributed by atoms with Gasteiger partial charge in [-0.3, -0.25) is 9.80 Å². The Morgan fingerprint density at radius 3 is 2.35 bits per heavy atom. The molecule has 37 heavy (non-hydrogen) atoms. The summed E-state index contributed by atoms with van der Waals surface area (Å²) in [7, 11) is 1.68. The SMILES string of the molecule is CCOC(=O)C1=C(CN2CCN(C(=O)NC(C)(C)C)[C@H](C)C2)N(C)C(=O)N[C@@H]1c1ccc(C(C)C)cc1. The zero-order valence-electron chi connectivity index (χ0n) is 23.6. The number of urea groups is 2. The van der Waals surface area contributed by atoms with Crippen LogP contribution >= 0.6 is 0 Å². The number of carbonyl (C=O) groups is 3. The topological polar surface area (TPSA) is 94.2 Å². The first-order valence-corrected chi connectivity index (χ1v) is 13.2. The van der Waals surface area contributed by atoms with Crippen LogP contribution in [0.1, 0.15) is 71.6 Å². The van der Waals surface area contributed by atoms with Crippen molar-refractivity contribution < 1.29 is 19.1 Å². The number of piperazine rings is 1. The van der Waals surface area contributed by atoms with Crippen LogP contribution in [-0.4, -0.2) is 84.1 Å². The van der Waals surface area contributed by atoms with Crippen LogP contribution in [0.4, 0.5) is 9.59 Å². The van der Waals surface area contributed by atoms with Crippen molar-refractivity contribution in [1.82, 2.24) is 25.3 Å². The fraction of sp³-hybridized carbons (Fsp3) is 0.607. The summed E-state index contributed by atoms with van der Waals surface area (Å²) >= 11 is 0. The van der Waals surface area contributed by atoms with Crippen molar-refractivity contribution in [2.45, 2.75) is 72.0 Å². The van der Waals surface area contributed by atoms with Crippen molar-refractivity contribution in [1.29, 1.82) is 0 Å². The highest BCUT2D eigenvalue weighted by Gasteiger charge is 2.38. The van der Waals surface area contributed by atoms with Gasteiger partial charge in [-0.15, -0.1) is 0 Å². The Hall–Kier alpha value is -3.07. The van der Waals surface area contributed by atoms with Gasteiger partial charge in [0, 0.05) is 50.5 Å². The van der Waals surface area contributed by atoms with Crippen molar-refractivity contribution in [2.75, 3.05) is 39.8 Å². The van der Waals surface area contributed by atoms with Crippen molar-refractivity contribution in [3.05, 3.63) is 46.7 Å². The summed E-state index contributed by atoms with van der Waals surface area (Å²) in [4.78, 5) is 44.6. The van der Waals surface area contributed by atoms with E-state index >= 15 is 0 Å². The molecule has 0 aliphatic carbocycles. The Morgan fingerprint density at radius 2 is 1.81 bits per heavy atom. The predicted octanol–water partition coefficient (Wildman–Crippen LogP) is 3.84. The lowest BCUT2D eigenvalue weighted by molar-refractivity contribution is -0.139. The van der Waals surface area contributed by atoms with Crippen LogP contribution < -0.4 is 10.6 Å². The number of hydrogen-bond donors (Lipinski definition) is 2. The number of hydrogen-bond acceptors (Lipinski definition) is 5. The van der Waals surface area contributed by atoms with Crippen LogP contribution in [0.2, 0.25) is 0 Å². The molecule has 0 radical (unpaired) electrons. The van der Waals surface area contributed by atoms with E-state index in [1.807, 2.05) is 56.9 Å². The zero-order chi connectivity index (χ0) is 27.5. The lowest BCUT2D eigenvalue weighted by Gasteiger charge is -2.43. The average molecular weight is 514 g/mol. The van der Waals surface area contributed by atoms with Crippen molar-refractivity contribution in [3.8, 4) is 0 Å². The van der Waals surface area contributed by atoms with E-state index in [0.717, 1.165) is 5.56 Å². The van der Waals surface area contributed by atoms with Gasteiger partial charge in [-0.2, -0.15) is 0 Å². The number of rotatable bonds is 6. The third-order valence-corrected chi connectivity index (χ3v) is 6.84. The monoisotopic (exact) mass is 513 g/mol. The fourth-order valence-electron chi connectivity index (χ4n) is 4.80. The number of nitrogens with one attached hydrogen (secondary N) is 2.